The van der Waals surface area contributed by atoms with Gasteiger partial charge in [-0.1, -0.05) is 19.0 Å². The SMILES string of the molecule is CC(=O)[C@@H](NC(=O)N[C@H](c1nc([C@@H](N)CO)no1)C(C)C)C(C)O. The van der Waals surface area contributed by atoms with Crippen LogP contribution in [0, 0.1) is 5.92 Å². The molecule has 136 valence electrons. The Balaban J connectivity index is 2.84. The lowest BCUT2D eigenvalue weighted by Crippen LogP contribution is -2.51. The van der Waals surface area contributed by atoms with Gasteiger partial charge in [-0.05, 0) is 19.8 Å². The molecule has 4 atom stereocenters. The van der Waals surface area contributed by atoms with Crippen LogP contribution in [0.2, 0.25) is 0 Å². The van der Waals surface area contributed by atoms with E-state index in [4.69, 9.17) is 15.4 Å². The third kappa shape index (κ3) is 5.25. The highest BCUT2D eigenvalue weighted by Crippen LogP contribution is 2.21. The largest absolute Gasteiger partial charge is 0.394 e. The molecule has 0 aromatic carbocycles. The number of rotatable bonds is 8. The summed E-state index contributed by atoms with van der Waals surface area (Å²) in [6.07, 6.45) is -1.02. The number of Topliss-reactive ketones (excluding diaryl/α,β-unsaturated/α-hetero) is 1. The first-order valence-corrected chi connectivity index (χ1v) is 7.62. The predicted octanol–water partition coefficient (Wildman–Crippen LogP) is -0.604. The molecule has 1 heterocycles. The van der Waals surface area contributed by atoms with Crippen LogP contribution in [0.25, 0.3) is 0 Å². The van der Waals surface area contributed by atoms with Crippen LogP contribution in [0.4, 0.5) is 4.79 Å². The van der Waals surface area contributed by atoms with Gasteiger partial charge in [0.2, 0.25) is 5.89 Å². The Labute approximate surface area is 139 Å². The fourth-order valence-electron chi connectivity index (χ4n) is 2.01. The van der Waals surface area contributed by atoms with Gasteiger partial charge in [-0.2, -0.15) is 4.98 Å². The maximum absolute atomic E-state index is 12.1. The second-order valence-corrected chi connectivity index (χ2v) is 5.95. The lowest BCUT2D eigenvalue weighted by molar-refractivity contribution is -0.120. The first-order chi connectivity index (χ1) is 11.2. The van der Waals surface area contributed by atoms with Crippen molar-refractivity contribution in [3.8, 4) is 0 Å². The first-order valence-electron chi connectivity index (χ1n) is 7.62. The Hall–Kier alpha value is -2.04. The smallest absolute Gasteiger partial charge is 0.316 e. The zero-order chi connectivity index (χ0) is 18.4. The number of hydrogen-bond donors (Lipinski definition) is 5. The van der Waals surface area contributed by atoms with Crippen molar-refractivity contribution in [1.82, 2.24) is 20.8 Å². The number of carbonyl (C=O) groups is 2. The number of amides is 2. The molecule has 0 saturated carbocycles. The Bertz CT molecular complexity index is 560. The van der Waals surface area contributed by atoms with E-state index in [0.29, 0.717) is 0 Å². The number of hydrogen-bond acceptors (Lipinski definition) is 8. The van der Waals surface area contributed by atoms with E-state index in [-0.39, 0.29) is 30.0 Å². The number of ketones is 1. The normalized spacial score (nSPS) is 16.3. The second-order valence-electron chi connectivity index (χ2n) is 5.95. The van der Waals surface area contributed by atoms with Crippen molar-refractivity contribution in [2.45, 2.75) is 51.9 Å². The van der Waals surface area contributed by atoms with Crippen molar-refractivity contribution in [1.29, 1.82) is 0 Å². The zero-order valence-electron chi connectivity index (χ0n) is 14.2. The number of carbonyl (C=O) groups excluding carboxylic acids is 2. The summed E-state index contributed by atoms with van der Waals surface area (Å²) in [4.78, 5) is 27.6. The van der Waals surface area contributed by atoms with Crippen LogP contribution in [0.3, 0.4) is 0 Å². The van der Waals surface area contributed by atoms with Crippen LogP contribution < -0.4 is 16.4 Å². The van der Waals surface area contributed by atoms with Crippen LogP contribution in [0.1, 0.15) is 51.5 Å². The van der Waals surface area contributed by atoms with E-state index in [1.807, 2.05) is 13.8 Å². The minimum Gasteiger partial charge on any atom is -0.394 e. The van der Waals surface area contributed by atoms with Gasteiger partial charge in [-0.25, -0.2) is 4.79 Å². The number of aliphatic hydroxyl groups is 2. The van der Waals surface area contributed by atoms with E-state index in [0.717, 1.165) is 0 Å². The van der Waals surface area contributed by atoms with E-state index in [1.165, 1.54) is 13.8 Å². The van der Waals surface area contributed by atoms with E-state index in [2.05, 4.69) is 20.8 Å². The highest BCUT2D eigenvalue weighted by atomic mass is 16.5. The molecule has 1 rings (SSSR count). The van der Waals surface area contributed by atoms with E-state index in [9.17, 15) is 14.7 Å². The molecule has 0 bridgehead atoms. The fraction of sp³-hybridized carbons (Fsp3) is 0.714. The molecule has 0 saturated heterocycles. The molecular formula is C14H25N5O5. The van der Waals surface area contributed by atoms with Crippen LogP contribution >= 0.6 is 0 Å². The summed E-state index contributed by atoms with van der Waals surface area (Å²) in [6, 6.07) is -3.07. The number of nitrogens with two attached hydrogens (primary N) is 1. The summed E-state index contributed by atoms with van der Waals surface area (Å²) < 4.78 is 5.10. The predicted molar refractivity (Wildman–Crippen MR) is 83.7 cm³/mol. The molecule has 10 nitrogen and oxygen atoms in total. The maximum Gasteiger partial charge on any atom is 0.316 e. The number of nitrogens with one attached hydrogen (secondary N) is 2. The zero-order valence-corrected chi connectivity index (χ0v) is 14.2. The van der Waals surface area contributed by atoms with Crippen molar-refractivity contribution in [3.63, 3.8) is 0 Å². The highest BCUT2D eigenvalue weighted by molar-refractivity contribution is 5.87. The third-order valence-electron chi connectivity index (χ3n) is 3.41. The molecule has 1 aromatic heterocycles. The van der Waals surface area contributed by atoms with Crippen molar-refractivity contribution >= 4 is 11.8 Å². The van der Waals surface area contributed by atoms with Crippen molar-refractivity contribution in [2.24, 2.45) is 11.7 Å². The maximum atomic E-state index is 12.1. The monoisotopic (exact) mass is 343 g/mol. The number of aliphatic hydroxyl groups excluding tert-OH is 2. The molecule has 0 fully saturated rings. The molecule has 0 aliphatic rings. The van der Waals surface area contributed by atoms with Gasteiger partial charge in [0.1, 0.15) is 12.1 Å². The summed E-state index contributed by atoms with van der Waals surface area (Å²) in [7, 11) is 0. The topological polar surface area (TPSA) is 164 Å². The standard InChI is InChI=1S/C14H25N5O5/c1-6(2)10(13-18-12(19-24-13)9(15)5-20)16-14(23)17-11(7(3)21)8(4)22/h6-7,9-11,20-21H,5,15H2,1-4H3,(H2,16,17,23)/t7?,9-,10-,11-/m0/s1. The fourth-order valence-corrected chi connectivity index (χ4v) is 2.01. The van der Waals surface area contributed by atoms with Gasteiger partial charge < -0.3 is 31.1 Å². The van der Waals surface area contributed by atoms with Crippen molar-refractivity contribution in [3.05, 3.63) is 11.7 Å². The van der Waals surface area contributed by atoms with E-state index < -0.39 is 30.3 Å². The second kappa shape index (κ2) is 8.71. The Kier molecular flexibility index (Phi) is 7.26. The summed E-state index contributed by atoms with van der Waals surface area (Å²) in [6.45, 7) is 6.01. The molecule has 24 heavy (non-hydrogen) atoms. The highest BCUT2D eigenvalue weighted by Gasteiger charge is 2.28. The summed E-state index contributed by atoms with van der Waals surface area (Å²) in [5.41, 5.74) is 5.62. The van der Waals surface area contributed by atoms with Crippen LogP contribution in [0.15, 0.2) is 4.52 Å². The summed E-state index contributed by atoms with van der Waals surface area (Å²) in [5.74, 6) is -0.201. The Morgan fingerprint density at radius 3 is 2.38 bits per heavy atom. The summed E-state index contributed by atoms with van der Waals surface area (Å²) >= 11 is 0. The van der Waals surface area contributed by atoms with Gasteiger partial charge in [0.05, 0.1) is 18.8 Å². The number of urea groups is 1. The molecule has 0 aliphatic carbocycles. The average molecular weight is 343 g/mol. The average Bonchev–Trinajstić information content (AvgIpc) is 2.98. The molecule has 1 unspecified atom stereocenters. The molecule has 0 spiro atoms. The van der Waals surface area contributed by atoms with Crippen LogP contribution in [-0.2, 0) is 4.79 Å². The molecule has 0 radical (unpaired) electrons. The molecule has 10 heteroatoms. The van der Waals surface area contributed by atoms with E-state index in [1.54, 1.807) is 0 Å². The van der Waals surface area contributed by atoms with Gasteiger partial charge in [0.25, 0.3) is 0 Å². The van der Waals surface area contributed by atoms with Gasteiger partial charge in [0, 0.05) is 0 Å². The molecule has 2 amide bonds. The van der Waals surface area contributed by atoms with Gasteiger partial charge in [-0.3, -0.25) is 4.79 Å². The lowest BCUT2D eigenvalue weighted by atomic mass is 10.0. The molecular weight excluding hydrogens is 318 g/mol. The molecule has 0 aliphatic heterocycles. The quantitative estimate of drug-likeness (QED) is 0.417. The van der Waals surface area contributed by atoms with Crippen LogP contribution in [0.5, 0.6) is 0 Å². The van der Waals surface area contributed by atoms with E-state index >= 15 is 0 Å². The number of nitrogens with zero attached hydrogens (tertiary/aromatic N) is 2. The van der Waals surface area contributed by atoms with Crippen molar-refractivity contribution in [2.75, 3.05) is 6.61 Å². The third-order valence-corrected chi connectivity index (χ3v) is 3.41. The van der Waals surface area contributed by atoms with Gasteiger partial charge in [0.15, 0.2) is 11.6 Å². The molecule has 6 N–H and O–H groups in total. The molecule has 1 aromatic rings. The van der Waals surface area contributed by atoms with Gasteiger partial charge in [-0.15, -0.1) is 0 Å². The minimum atomic E-state index is -1.02. The Morgan fingerprint density at radius 1 is 1.29 bits per heavy atom. The van der Waals surface area contributed by atoms with Gasteiger partial charge >= 0.3 is 6.03 Å². The minimum absolute atomic E-state index is 0.100. The van der Waals surface area contributed by atoms with Crippen molar-refractivity contribution < 1.29 is 24.3 Å². The number of aromatic nitrogens is 2. The van der Waals surface area contributed by atoms with Crippen LogP contribution in [-0.4, -0.2) is 50.9 Å². The Morgan fingerprint density at radius 2 is 1.92 bits per heavy atom. The lowest BCUT2D eigenvalue weighted by Gasteiger charge is -2.23. The first kappa shape index (κ1) is 20.0. The summed E-state index contributed by atoms with van der Waals surface area (Å²) in [5, 5.41) is 27.3.